The topological polar surface area (TPSA) is 23.6 Å². The van der Waals surface area contributed by atoms with Crippen molar-refractivity contribution in [3.63, 3.8) is 0 Å². The van der Waals surface area contributed by atoms with Gasteiger partial charge in [-0.15, -0.1) is 0 Å². The number of rotatable bonds is 2. The van der Waals surface area contributed by atoms with E-state index in [0.717, 1.165) is 23.7 Å². The lowest BCUT2D eigenvalue weighted by Gasteiger charge is -2.66. The molecule has 0 radical (unpaired) electrons. The number of carbonyl (C=O) groups is 1. The minimum Gasteiger partial charge on any atom is -0.270 e. The summed E-state index contributed by atoms with van der Waals surface area (Å²) < 4.78 is 0. The molecule has 1 aromatic rings. The fourth-order valence-corrected chi connectivity index (χ4v) is 6.63. The van der Waals surface area contributed by atoms with Crippen LogP contribution in [0.4, 0.5) is 5.69 Å². The number of amides is 1. The first-order chi connectivity index (χ1) is 11.9. The van der Waals surface area contributed by atoms with Crippen molar-refractivity contribution >= 4 is 11.6 Å². The minimum absolute atomic E-state index is 0.325. The zero-order chi connectivity index (χ0) is 17.5. The van der Waals surface area contributed by atoms with Crippen LogP contribution in [0.25, 0.3) is 0 Å². The first-order valence-corrected chi connectivity index (χ1v) is 10.1. The Balaban J connectivity index is 1.54. The quantitative estimate of drug-likeness (QED) is 0.794. The molecule has 1 aliphatic heterocycles. The molecule has 0 spiro atoms. The highest BCUT2D eigenvalue weighted by Crippen LogP contribution is 2.57. The second-order valence-corrected chi connectivity index (χ2v) is 9.66. The molecular weight excluding hydrogens is 308 g/mol. The normalized spacial score (nSPS) is 38.2. The van der Waals surface area contributed by atoms with Crippen LogP contribution < -0.4 is 5.01 Å². The molecule has 0 unspecified atom stereocenters. The van der Waals surface area contributed by atoms with E-state index in [0.29, 0.717) is 11.9 Å². The summed E-state index contributed by atoms with van der Waals surface area (Å²) in [4.78, 5) is 13.2. The molecule has 1 aromatic carbocycles. The molecule has 0 atom stereocenters. The van der Waals surface area contributed by atoms with Crippen LogP contribution in [-0.2, 0) is 4.79 Å². The average molecular weight is 338 g/mol. The largest absolute Gasteiger partial charge is 0.270 e. The van der Waals surface area contributed by atoms with Crippen LogP contribution in [0.1, 0.15) is 57.1 Å². The number of hydrogen-bond donors (Lipinski definition) is 0. The summed E-state index contributed by atoms with van der Waals surface area (Å²) in [6.07, 6.45) is 6.86. The van der Waals surface area contributed by atoms with Gasteiger partial charge in [-0.3, -0.25) is 9.80 Å². The first-order valence-electron chi connectivity index (χ1n) is 10.1. The highest BCUT2D eigenvalue weighted by atomic mass is 16.2. The molecule has 4 aliphatic carbocycles. The van der Waals surface area contributed by atoms with E-state index in [-0.39, 0.29) is 0 Å². The van der Waals surface area contributed by atoms with E-state index in [2.05, 4.69) is 55.9 Å². The Labute approximate surface area is 151 Å². The highest BCUT2D eigenvalue weighted by molar-refractivity contribution is 5.98. The SMILES string of the molecule is Cc1cccc(N2N(C3C4CC5CC(C4)CC3C5)C(=O)C2(C)C)c1C. The van der Waals surface area contributed by atoms with Crippen LogP contribution in [0.2, 0.25) is 0 Å². The molecular formula is C22H30N2O. The van der Waals surface area contributed by atoms with Crippen molar-refractivity contribution in [3.05, 3.63) is 29.3 Å². The Morgan fingerprint density at radius 2 is 1.56 bits per heavy atom. The van der Waals surface area contributed by atoms with Crippen molar-refractivity contribution < 1.29 is 4.79 Å². The molecule has 1 amide bonds. The van der Waals surface area contributed by atoms with E-state index >= 15 is 0 Å². The first kappa shape index (κ1) is 15.7. The monoisotopic (exact) mass is 338 g/mol. The van der Waals surface area contributed by atoms with Crippen molar-refractivity contribution in [1.29, 1.82) is 0 Å². The van der Waals surface area contributed by atoms with Crippen LogP contribution in [0.5, 0.6) is 0 Å². The van der Waals surface area contributed by atoms with Gasteiger partial charge in [-0.05, 0) is 101 Å². The number of anilines is 1. The summed E-state index contributed by atoms with van der Waals surface area (Å²) in [6.45, 7) is 8.53. The van der Waals surface area contributed by atoms with Gasteiger partial charge in [0.05, 0.1) is 11.7 Å². The van der Waals surface area contributed by atoms with Crippen LogP contribution in [0.15, 0.2) is 18.2 Å². The second kappa shape index (κ2) is 5.02. The van der Waals surface area contributed by atoms with Crippen molar-refractivity contribution in [1.82, 2.24) is 5.01 Å². The van der Waals surface area contributed by atoms with E-state index in [1.54, 1.807) is 0 Å². The van der Waals surface area contributed by atoms with Gasteiger partial charge in [-0.25, -0.2) is 5.01 Å². The summed E-state index contributed by atoms with van der Waals surface area (Å²) in [5, 5.41) is 4.53. The Hall–Kier alpha value is -1.51. The van der Waals surface area contributed by atoms with Gasteiger partial charge < -0.3 is 0 Å². The Bertz CT molecular complexity index is 710. The molecule has 0 aromatic heterocycles. The molecule has 6 rings (SSSR count). The number of benzene rings is 1. The zero-order valence-electron chi connectivity index (χ0n) is 16.0. The van der Waals surface area contributed by atoms with Gasteiger partial charge in [0.1, 0.15) is 5.54 Å². The van der Waals surface area contributed by atoms with Gasteiger partial charge in [-0.1, -0.05) is 12.1 Å². The van der Waals surface area contributed by atoms with Gasteiger partial charge in [0.2, 0.25) is 0 Å². The smallest absolute Gasteiger partial charge is 0.268 e. The van der Waals surface area contributed by atoms with Crippen molar-refractivity contribution in [2.24, 2.45) is 23.7 Å². The van der Waals surface area contributed by atoms with Crippen LogP contribution in [-0.4, -0.2) is 22.5 Å². The molecule has 134 valence electrons. The third kappa shape index (κ3) is 2.01. The molecule has 4 saturated carbocycles. The van der Waals surface area contributed by atoms with E-state index in [4.69, 9.17) is 0 Å². The van der Waals surface area contributed by atoms with E-state index in [1.165, 1.54) is 48.9 Å². The van der Waals surface area contributed by atoms with Crippen molar-refractivity contribution in [3.8, 4) is 0 Å². The fourth-order valence-electron chi connectivity index (χ4n) is 6.63. The minimum atomic E-state index is -0.423. The van der Waals surface area contributed by atoms with Crippen LogP contribution in [0.3, 0.4) is 0 Å². The molecule has 5 aliphatic rings. The molecule has 0 N–H and O–H groups in total. The summed E-state index contributed by atoms with van der Waals surface area (Å²) in [7, 11) is 0. The van der Waals surface area contributed by atoms with E-state index in [1.807, 2.05) is 0 Å². The summed E-state index contributed by atoms with van der Waals surface area (Å²) >= 11 is 0. The number of hydrogen-bond acceptors (Lipinski definition) is 2. The fraction of sp³-hybridized carbons (Fsp3) is 0.682. The third-order valence-corrected chi connectivity index (χ3v) is 7.74. The lowest BCUT2D eigenvalue weighted by molar-refractivity contribution is -0.170. The van der Waals surface area contributed by atoms with Gasteiger partial charge in [0.15, 0.2) is 0 Å². The predicted molar refractivity (Wildman–Crippen MR) is 100 cm³/mol. The summed E-state index contributed by atoms with van der Waals surface area (Å²) in [5.74, 6) is 3.66. The van der Waals surface area contributed by atoms with Gasteiger partial charge in [-0.2, -0.15) is 0 Å². The van der Waals surface area contributed by atoms with Gasteiger partial charge in [0.25, 0.3) is 5.91 Å². The number of aryl methyl sites for hydroxylation is 1. The number of hydrazine groups is 1. The summed E-state index contributed by atoms with van der Waals surface area (Å²) in [6, 6.07) is 6.93. The third-order valence-electron chi connectivity index (χ3n) is 7.74. The van der Waals surface area contributed by atoms with Gasteiger partial charge >= 0.3 is 0 Å². The lowest BCUT2D eigenvalue weighted by atomic mass is 9.53. The molecule has 3 nitrogen and oxygen atoms in total. The Morgan fingerprint density at radius 1 is 0.960 bits per heavy atom. The van der Waals surface area contributed by atoms with Crippen molar-refractivity contribution in [2.75, 3.05) is 5.01 Å². The molecule has 5 fully saturated rings. The molecule has 3 heteroatoms. The molecule has 1 heterocycles. The predicted octanol–water partition coefficient (Wildman–Crippen LogP) is 4.47. The second-order valence-electron chi connectivity index (χ2n) is 9.66. The maximum absolute atomic E-state index is 13.2. The van der Waals surface area contributed by atoms with Crippen LogP contribution in [0, 0.1) is 37.5 Å². The van der Waals surface area contributed by atoms with E-state index < -0.39 is 5.54 Å². The standard InChI is InChI=1S/C22H30N2O/c1-13-6-5-7-19(14(13)2)24-22(3,4)21(25)23(24)20-17-9-15-8-16(11-17)12-18(20)10-15/h5-7,15-18,20H,8-12H2,1-4H3. The Morgan fingerprint density at radius 3 is 2.16 bits per heavy atom. The average Bonchev–Trinajstić information content (AvgIpc) is 2.56. The number of nitrogens with zero attached hydrogens (tertiary/aromatic N) is 2. The zero-order valence-corrected chi connectivity index (χ0v) is 16.0. The highest BCUT2D eigenvalue weighted by Gasteiger charge is 2.61. The molecule has 1 saturated heterocycles. The molecule has 4 bridgehead atoms. The summed E-state index contributed by atoms with van der Waals surface area (Å²) in [5.41, 5.74) is 3.40. The lowest BCUT2D eigenvalue weighted by Crippen LogP contribution is -2.80. The molecule has 25 heavy (non-hydrogen) atoms. The van der Waals surface area contributed by atoms with E-state index in [9.17, 15) is 4.79 Å². The maximum Gasteiger partial charge on any atom is 0.268 e. The Kier molecular flexibility index (Phi) is 3.16. The van der Waals surface area contributed by atoms with Crippen LogP contribution >= 0.6 is 0 Å². The van der Waals surface area contributed by atoms with Gasteiger partial charge in [0, 0.05) is 0 Å². The number of carbonyl (C=O) groups excluding carboxylic acids is 1. The maximum atomic E-state index is 13.2. The van der Waals surface area contributed by atoms with Crippen molar-refractivity contribution in [2.45, 2.75) is 71.4 Å².